The van der Waals surface area contributed by atoms with Gasteiger partial charge >= 0.3 is 0 Å². The molecule has 1 aliphatic rings. The van der Waals surface area contributed by atoms with Crippen molar-refractivity contribution in [1.82, 2.24) is 5.32 Å². The summed E-state index contributed by atoms with van der Waals surface area (Å²) < 4.78 is 0. The first kappa shape index (κ1) is 12.0. The lowest BCUT2D eigenvalue weighted by Gasteiger charge is -2.09. The maximum absolute atomic E-state index is 3.46. The summed E-state index contributed by atoms with van der Waals surface area (Å²) in [6.45, 7) is 5.35. The van der Waals surface area contributed by atoms with Crippen LogP contribution in [0.25, 0.3) is 0 Å². The Morgan fingerprint density at radius 2 is 2.19 bits per heavy atom. The van der Waals surface area contributed by atoms with E-state index in [0.717, 1.165) is 12.5 Å². The average Bonchev–Trinajstić information content (AvgIpc) is 3.08. The highest BCUT2D eigenvalue weighted by Crippen LogP contribution is 2.35. The third kappa shape index (κ3) is 4.18. The molecule has 0 aliphatic heterocycles. The minimum absolute atomic E-state index is 0.558. The lowest BCUT2D eigenvalue weighted by molar-refractivity contribution is 0.588. The summed E-state index contributed by atoms with van der Waals surface area (Å²) >= 11 is 2.01. The number of hydrogen-bond acceptors (Lipinski definition) is 2. The maximum Gasteiger partial charge on any atom is 0.0208 e. The summed E-state index contributed by atoms with van der Waals surface area (Å²) in [4.78, 5) is 1.43. The molecule has 0 radical (unpaired) electrons. The van der Waals surface area contributed by atoms with E-state index in [2.05, 4.69) is 43.4 Å². The van der Waals surface area contributed by atoms with Crippen LogP contribution < -0.4 is 5.32 Å². The second-order valence-corrected chi connectivity index (χ2v) is 6.03. The number of thioether (sulfide) groups is 1. The summed E-state index contributed by atoms with van der Waals surface area (Å²) in [5.74, 6) is 2.31. The summed E-state index contributed by atoms with van der Waals surface area (Å²) in [6, 6.07) is 9.49. The summed E-state index contributed by atoms with van der Waals surface area (Å²) in [6.07, 6.45) is 2.89. The van der Waals surface area contributed by atoms with Crippen LogP contribution in [0, 0.1) is 5.92 Å². The Morgan fingerprint density at radius 1 is 1.38 bits per heavy atom. The van der Waals surface area contributed by atoms with Crippen LogP contribution in [0.2, 0.25) is 0 Å². The minimum Gasteiger partial charge on any atom is -0.310 e. The van der Waals surface area contributed by atoms with Gasteiger partial charge in [0.25, 0.3) is 0 Å². The van der Waals surface area contributed by atoms with E-state index in [0.29, 0.717) is 6.04 Å². The largest absolute Gasteiger partial charge is 0.310 e. The summed E-state index contributed by atoms with van der Waals surface area (Å²) in [5.41, 5.74) is 1.40. The first-order chi connectivity index (χ1) is 7.74. The van der Waals surface area contributed by atoms with Crippen molar-refractivity contribution in [2.75, 3.05) is 5.75 Å². The molecular formula is C14H21NS. The maximum atomic E-state index is 3.46. The van der Waals surface area contributed by atoms with E-state index < -0.39 is 0 Å². The molecule has 0 bridgehead atoms. The second-order valence-electron chi connectivity index (χ2n) is 4.94. The van der Waals surface area contributed by atoms with E-state index in [1.54, 1.807) is 0 Å². The van der Waals surface area contributed by atoms with Crippen LogP contribution in [0.1, 0.15) is 32.3 Å². The molecule has 1 nitrogen and oxygen atoms in total. The Kier molecular flexibility index (Phi) is 4.30. The van der Waals surface area contributed by atoms with Crippen LogP contribution in [0.5, 0.6) is 0 Å². The Morgan fingerprint density at radius 3 is 2.88 bits per heavy atom. The van der Waals surface area contributed by atoms with Crippen molar-refractivity contribution in [3.05, 3.63) is 29.8 Å². The second kappa shape index (κ2) is 5.74. The minimum atomic E-state index is 0.558. The van der Waals surface area contributed by atoms with Gasteiger partial charge in [-0.25, -0.2) is 0 Å². The molecule has 0 unspecified atom stereocenters. The SMILES string of the molecule is CC(C)NCc1cccc(SCC2CC2)c1. The Balaban J connectivity index is 1.84. The number of rotatable bonds is 6. The molecule has 1 saturated carbocycles. The first-order valence-electron chi connectivity index (χ1n) is 6.19. The molecule has 2 heteroatoms. The highest BCUT2D eigenvalue weighted by molar-refractivity contribution is 7.99. The Bertz CT molecular complexity index is 310. The van der Waals surface area contributed by atoms with E-state index in [4.69, 9.17) is 0 Å². The predicted molar refractivity (Wildman–Crippen MR) is 71.9 cm³/mol. The van der Waals surface area contributed by atoms with E-state index in [1.165, 1.54) is 29.1 Å². The van der Waals surface area contributed by atoms with Crippen molar-refractivity contribution in [3.8, 4) is 0 Å². The molecule has 16 heavy (non-hydrogen) atoms. The van der Waals surface area contributed by atoms with E-state index in [9.17, 15) is 0 Å². The van der Waals surface area contributed by atoms with E-state index in [-0.39, 0.29) is 0 Å². The van der Waals surface area contributed by atoms with Gasteiger partial charge in [-0.15, -0.1) is 11.8 Å². The smallest absolute Gasteiger partial charge is 0.0208 e. The molecule has 0 saturated heterocycles. The van der Waals surface area contributed by atoms with Crippen LogP contribution in [0.4, 0.5) is 0 Å². The van der Waals surface area contributed by atoms with Crippen LogP contribution in [0.15, 0.2) is 29.2 Å². The van der Waals surface area contributed by atoms with E-state index >= 15 is 0 Å². The van der Waals surface area contributed by atoms with Crippen molar-refractivity contribution < 1.29 is 0 Å². The molecule has 1 fully saturated rings. The standard InChI is InChI=1S/C14H21NS/c1-11(2)15-9-13-4-3-5-14(8-13)16-10-12-6-7-12/h3-5,8,11-12,15H,6-7,9-10H2,1-2H3. The van der Waals surface area contributed by atoms with Gasteiger partial charge in [-0.2, -0.15) is 0 Å². The van der Waals surface area contributed by atoms with Crippen molar-refractivity contribution in [1.29, 1.82) is 0 Å². The highest BCUT2D eigenvalue weighted by atomic mass is 32.2. The fourth-order valence-electron chi connectivity index (χ4n) is 1.57. The zero-order chi connectivity index (χ0) is 11.4. The van der Waals surface area contributed by atoms with Crippen molar-refractivity contribution in [2.24, 2.45) is 5.92 Å². The lowest BCUT2D eigenvalue weighted by Crippen LogP contribution is -2.21. The monoisotopic (exact) mass is 235 g/mol. The fourth-order valence-corrected chi connectivity index (χ4v) is 2.74. The molecule has 0 amide bonds. The average molecular weight is 235 g/mol. The zero-order valence-electron chi connectivity index (χ0n) is 10.2. The topological polar surface area (TPSA) is 12.0 Å². The molecule has 1 aromatic rings. The van der Waals surface area contributed by atoms with E-state index in [1.807, 2.05) is 11.8 Å². The summed E-state index contributed by atoms with van der Waals surface area (Å²) in [7, 11) is 0. The van der Waals surface area contributed by atoms with Crippen LogP contribution in [-0.4, -0.2) is 11.8 Å². The molecule has 0 atom stereocenters. The molecule has 0 spiro atoms. The molecule has 2 rings (SSSR count). The number of benzene rings is 1. The van der Waals surface area contributed by atoms with Crippen LogP contribution in [-0.2, 0) is 6.54 Å². The lowest BCUT2D eigenvalue weighted by atomic mass is 10.2. The normalized spacial score (nSPS) is 15.7. The van der Waals surface area contributed by atoms with Gasteiger partial charge in [0.15, 0.2) is 0 Å². The first-order valence-corrected chi connectivity index (χ1v) is 7.17. The zero-order valence-corrected chi connectivity index (χ0v) is 11.0. The number of hydrogen-bond donors (Lipinski definition) is 1. The Hall–Kier alpha value is -0.470. The molecule has 0 aromatic heterocycles. The molecule has 0 heterocycles. The van der Waals surface area contributed by atoms with Crippen molar-refractivity contribution in [3.63, 3.8) is 0 Å². The predicted octanol–water partition coefficient (Wildman–Crippen LogP) is 3.69. The highest BCUT2D eigenvalue weighted by Gasteiger charge is 2.20. The van der Waals surface area contributed by atoms with Gasteiger partial charge < -0.3 is 5.32 Å². The van der Waals surface area contributed by atoms with Gasteiger partial charge in [0.2, 0.25) is 0 Å². The molecule has 1 N–H and O–H groups in total. The van der Waals surface area contributed by atoms with Gasteiger partial charge in [0.1, 0.15) is 0 Å². The third-order valence-electron chi connectivity index (χ3n) is 2.80. The van der Waals surface area contributed by atoms with Gasteiger partial charge in [-0.3, -0.25) is 0 Å². The third-order valence-corrected chi connectivity index (χ3v) is 4.02. The van der Waals surface area contributed by atoms with Crippen molar-refractivity contribution >= 4 is 11.8 Å². The molecule has 88 valence electrons. The molecular weight excluding hydrogens is 214 g/mol. The van der Waals surface area contributed by atoms with Gasteiger partial charge in [-0.1, -0.05) is 26.0 Å². The quantitative estimate of drug-likeness (QED) is 0.755. The molecule has 1 aromatic carbocycles. The fraction of sp³-hybridized carbons (Fsp3) is 0.571. The van der Waals surface area contributed by atoms with Crippen molar-refractivity contribution in [2.45, 2.75) is 44.2 Å². The van der Waals surface area contributed by atoms with Crippen LogP contribution in [0.3, 0.4) is 0 Å². The summed E-state index contributed by atoms with van der Waals surface area (Å²) in [5, 5.41) is 3.46. The molecule has 1 aliphatic carbocycles. The van der Waals surface area contributed by atoms with Gasteiger partial charge in [0.05, 0.1) is 0 Å². The van der Waals surface area contributed by atoms with Crippen LogP contribution >= 0.6 is 11.8 Å². The van der Waals surface area contributed by atoms with Gasteiger partial charge in [-0.05, 0) is 36.5 Å². The van der Waals surface area contributed by atoms with Gasteiger partial charge in [0, 0.05) is 23.2 Å². The Labute approximate surface area is 103 Å². The number of nitrogens with one attached hydrogen (secondary N) is 1.